The molecule has 1 fully saturated rings. The Hall–Kier alpha value is -2.04. The zero-order chi connectivity index (χ0) is 14.9. The number of amides is 2. The Balaban J connectivity index is 1.66. The van der Waals surface area contributed by atoms with Crippen molar-refractivity contribution in [1.29, 1.82) is 0 Å². The first-order valence-corrected chi connectivity index (χ1v) is 7.48. The van der Waals surface area contributed by atoms with E-state index in [1.54, 1.807) is 4.90 Å². The van der Waals surface area contributed by atoms with Crippen molar-refractivity contribution in [3.8, 4) is 0 Å². The van der Waals surface area contributed by atoms with Crippen molar-refractivity contribution < 1.29 is 14.7 Å². The molecule has 21 heavy (non-hydrogen) atoms. The first kappa shape index (κ1) is 13.9. The van der Waals surface area contributed by atoms with Gasteiger partial charge in [-0.05, 0) is 43.2 Å². The molecule has 0 saturated heterocycles. The minimum Gasteiger partial charge on any atom is -0.480 e. The second-order valence-corrected chi connectivity index (χ2v) is 5.93. The third kappa shape index (κ3) is 2.60. The van der Waals surface area contributed by atoms with Crippen molar-refractivity contribution >= 4 is 12.0 Å². The molecule has 5 heteroatoms. The van der Waals surface area contributed by atoms with E-state index in [1.807, 2.05) is 12.1 Å². The van der Waals surface area contributed by atoms with E-state index in [0.717, 1.165) is 19.3 Å². The fourth-order valence-corrected chi connectivity index (χ4v) is 3.08. The highest BCUT2D eigenvalue weighted by atomic mass is 16.4. The molecule has 0 spiro atoms. The Morgan fingerprint density at radius 1 is 1.10 bits per heavy atom. The lowest BCUT2D eigenvalue weighted by Gasteiger charge is -2.39. The predicted molar refractivity (Wildman–Crippen MR) is 78.2 cm³/mol. The van der Waals surface area contributed by atoms with E-state index >= 15 is 0 Å². The zero-order valence-electron chi connectivity index (χ0n) is 12.0. The number of carbonyl (C=O) groups excluding carboxylic acids is 1. The monoisotopic (exact) mass is 288 g/mol. The van der Waals surface area contributed by atoms with Crippen LogP contribution in [0.2, 0.25) is 0 Å². The Morgan fingerprint density at radius 3 is 2.10 bits per heavy atom. The van der Waals surface area contributed by atoms with Crippen LogP contribution in [0.15, 0.2) is 24.3 Å². The number of carbonyl (C=O) groups is 2. The van der Waals surface area contributed by atoms with Gasteiger partial charge in [0, 0.05) is 13.1 Å². The van der Waals surface area contributed by atoms with Crippen molar-refractivity contribution in [3.63, 3.8) is 0 Å². The van der Waals surface area contributed by atoms with E-state index in [0.29, 0.717) is 25.9 Å². The number of rotatable bonds is 2. The second kappa shape index (κ2) is 5.39. The Bertz CT molecular complexity index is 539. The van der Waals surface area contributed by atoms with Crippen molar-refractivity contribution in [3.05, 3.63) is 35.4 Å². The van der Waals surface area contributed by atoms with Gasteiger partial charge in [0.05, 0.1) is 0 Å². The van der Waals surface area contributed by atoms with Crippen LogP contribution in [0, 0.1) is 0 Å². The molecule has 3 rings (SSSR count). The topological polar surface area (TPSA) is 69.6 Å². The van der Waals surface area contributed by atoms with E-state index in [4.69, 9.17) is 0 Å². The lowest BCUT2D eigenvalue weighted by Crippen LogP contribution is -2.61. The van der Waals surface area contributed by atoms with E-state index in [1.165, 1.54) is 11.1 Å². The summed E-state index contributed by atoms with van der Waals surface area (Å²) in [5.41, 5.74) is 1.53. The van der Waals surface area contributed by atoms with Crippen molar-refractivity contribution in [1.82, 2.24) is 10.2 Å². The summed E-state index contributed by atoms with van der Waals surface area (Å²) in [5.74, 6) is -0.916. The van der Waals surface area contributed by atoms with Gasteiger partial charge in [-0.15, -0.1) is 0 Å². The van der Waals surface area contributed by atoms with E-state index in [2.05, 4.69) is 17.4 Å². The van der Waals surface area contributed by atoms with Crippen LogP contribution in [0.4, 0.5) is 4.79 Å². The summed E-state index contributed by atoms with van der Waals surface area (Å²) in [6, 6.07) is 7.98. The summed E-state index contributed by atoms with van der Waals surface area (Å²) < 4.78 is 0. The fraction of sp³-hybridized carbons (Fsp3) is 0.500. The van der Waals surface area contributed by atoms with Gasteiger partial charge < -0.3 is 15.3 Å². The molecule has 0 radical (unpaired) electrons. The van der Waals surface area contributed by atoms with E-state index in [-0.39, 0.29) is 6.03 Å². The minimum atomic E-state index is -1.03. The standard InChI is InChI=1S/C16H20N2O3/c19-14(20)16(8-3-9-16)17-15(21)18-10-6-12-4-1-2-5-13(12)7-11-18/h1-2,4-5H,3,6-11H2,(H,17,21)(H,19,20). The van der Waals surface area contributed by atoms with Gasteiger partial charge in [-0.1, -0.05) is 24.3 Å². The highest BCUT2D eigenvalue weighted by Crippen LogP contribution is 2.32. The predicted octanol–water partition coefficient (Wildman–Crippen LogP) is 1.80. The Kier molecular flexibility index (Phi) is 3.57. The minimum absolute atomic E-state index is 0.245. The van der Waals surface area contributed by atoms with Gasteiger partial charge in [0.2, 0.25) is 0 Å². The number of carboxylic acids is 1. The van der Waals surface area contributed by atoms with Crippen LogP contribution in [0.5, 0.6) is 0 Å². The van der Waals surface area contributed by atoms with Crippen molar-refractivity contribution in [2.24, 2.45) is 0 Å². The summed E-state index contributed by atoms with van der Waals surface area (Å²) >= 11 is 0. The maximum atomic E-state index is 12.4. The number of carboxylic acid groups (broad SMARTS) is 1. The summed E-state index contributed by atoms with van der Waals surface area (Å²) in [6.45, 7) is 1.27. The summed E-state index contributed by atoms with van der Waals surface area (Å²) in [4.78, 5) is 25.4. The van der Waals surface area contributed by atoms with E-state index < -0.39 is 11.5 Å². The molecule has 1 aromatic carbocycles. The number of aliphatic carboxylic acids is 1. The van der Waals surface area contributed by atoms with Crippen LogP contribution in [0.3, 0.4) is 0 Å². The molecule has 0 unspecified atom stereocenters. The van der Waals surface area contributed by atoms with Gasteiger partial charge in [0.15, 0.2) is 0 Å². The van der Waals surface area contributed by atoms with Crippen molar-refractivity contribution in [2.75, 3.05) is 13.1 Å². The highest BCUT2D eigenvalue weighted by molar-refractivity contribution is 5.87. The van der Waals surface area contributed by atoms with Crippen LogP contribution >= 0.6 is 0 Å². The average molecular weight is 288 g/mol. The van der Waals surface area contributed by atoms with Crippen LogP contribution in [0.25, 0.3) is 0 Å². The molecule has 2 N–H and O–H groups in total. The van der Waals surface area contributed by atoms with Crippen LogP contribution in [0.1, 0.15) is 30.4 Å². The molecule has 1 aliphatic carbocycles. The number of nitrogens with zero attached hydrogens (tertiary/aromatic N) is 1. The third-order valence-corrected chi connectivity index (χ3v) is 4.67. The first-order valence-electron chi connectivity index (χ1n) is 7.48. The smallest absolute Gasteiger partial charge is 0.329 e. The largest absolute Gasteiger partial charge is 0.480 e. The molecular weight excluding hydrogens is 268 g/mol. The molecule has 2 amide bonds. The molecule has 0 aromatic heterocycles. The lowest BCUT2D eigenvalue weighted by molar-refractivity contribution is -0.148. The number of urea groups is 1. The van der Waals surface area contributed by atoms with Gasteiger partial charge in [0.1, 0.15) is 5.54 Å². The quantitative estimate of drug-likeness (QED) is 0.872. The number of fused-ring (bicyclic) bond motifs is 1. The molecule has 0 bridgehead atoms. The summed E-state index contributed by atoms with van der Waals surface area (Å²) in [7, 11) is 0. The molecule has 1 heterocycles. The fourth-order valence-electron chi connectivity index (χ4n) is 3.08. The van der Waals surface area contributed by atoms with Crippen molar-refractivity contribution in [2.45, 2.75) is 37.6 Å². The number of benzene rings is 1. The third-order valence-electron chi connectivity index (χ3n) is 4.67. The molecule has 5 nitrogen and oxygen atoms in total. The Morgan fingerprint density at radius 2 is 1.67 bits per heavy atom. The highest BCUT2D eigenvalue weighted by Gasteiger charge is 2.46. The van der Waals surface area contributed by atoms with Crippen LogP contribution in [-0.4, -0.2) is 40.6 Å². The van der Waals surface area contributed by atoms with Gasteiger partial charge in [0.25, 0.3) is 0 Å². The molecule has 0 atom stereocenters. The molecule has 112 valence electrons. The number of nitrogens with one attached hydrogen (secondary N) is 1. The normalized spacial score (nSPS) is 19.9. The maximum absolute atomic E-state index is 12.4. The summed E-state index contributed by atoms with van der Waals surface area (Å²) in [5, 5.41) is 12.0. The average Bonchev–Trinajstić information content (AvgIpc) is 2.64. The Labute approximate surface area is 123 Å². The molecule has 2 aliphatic rings. The molecule has 1 saturated carbocycles. The SMILES string of the molecule is O=C(NC1(C(=O)O)CCC1)N1CCc2ccccc2CC1. The van der Waals surface area contributed by atoms with Gasteiger partial charge in [-0.25, -0.2) is 9.59 Å². The first-order chi connectivity index (χ1) is 10.1. The van der Waals surface area contributed by atoms with Gasteiger partial charge in [-0.2, -0.15) is 0 Å². The van der Waals surface area contributed by atoms with Gasteiger partial charge >= 0.3 is 12.0 Å². The molecule has 1 aliphatic heterocycles. The maximum Gasteiger partial charge on any atom is 0.329 e. The van der Waals surface area contributed by atoms with Crippen LogP contribution < -0.4 is 5.32 Å². The van der Waals surface area contributed by atoms with Crippen LogP contribution in [-0.2, 0) is 17.6 Å². The summed E-state index contributed by atoms with van der Waals surface area (Å²) in [6.07, 6.45) is 3.57. The van der Waals surface area contributed by atoms with Gasteiger partial charge in [-0.3, -0.25) is 0 Å². The zero-order valence-corrected chi connectivity index (χ0v) is 12.0. The lowest BCUT2D eigenvalue weighted by atomic mass is 9.77. The number of hydrogen-bond acceptors (Lipinski definition) is 2. The van der Waals surface area contributed by atoms with E-state index in [9.17, 15) is 14.7 Å². The molecule has 1 aromatic rings. The molecular formula is C16H20N2O3. The second-order valence-electron chi connectivity index (χ2n) is 5.93. The number of hydrogen-bond donors (Lipinski definition) is 2.